The summed E-state index contributed by atoms with van der Waals surface area (Å²) in [5, 5.41) is 25.3. The number of benzene rings is 3. The van der Waals surface area contributed by atoms with Gasteiger partial charge in [0.05, 0.1) is 12.0 Å². The maximum absolute atomic E-state index is 14.7. The Morgan fingerprint density at radius 3 is 2.09 bits per heavy atom. The van der Waals surface area contributed by atoms with Gasteiger partial charge < -0.3 is 20.5 Å². The molecule has 3 aromatic carbocycles. The Kier molecular flexibility index (Phi) is 11.8. The van der Waals surface area contributed by atoms with E-state index in [0.29, 0.717) is 24.2 Å². The number of carbonyl (C=O) groups is 3. The monoisotopic (exact) mass is 593 g/mol. The summed E-state index contributed by atoms with van der Waals surface area (Å²) in [6.45, 7) is 7.19. The zero-order chi connectivity index (χ0) is 31.6. The van der Waals surface area contributed by atoms with E-state index in [0.717, 1.165) is 5.56 Å². The van der Waals surface area contributed by atoms with Gasteiger partial charge in [-0.3, -0.25) is 19.6 Å². The summed E-state index contributed by atoms with van der Waals surface area (Å²) in [5.74, 6) is -3.59. The Labute approximate surface area is 251 Å². The fourth-order valence-corrected chi connectivity index (χ4v) is 4.65. The molecule has 0 bridgehead atoms. The first-order valence-corrected chi connectivity index (χ1v) is 14.2. The number of para-hydroxylation sites is 1. The number of aryl methyl sites for hydroxylation is 1. The van der Waals surface area contributed by atoms with Crippen LogP contribution in [-0.4, -0.2) is 40.2 Å². The van der Waals surface area contributed by atoms with Gasteiger partial charge in [0, 0.05) is 0 Å². The number of carbonyl (C=O) groups excluding carboxylic acids is 3. The molecule has 0 aliphatic rings. The summed E-state index contributed by atoms with van der Waals surface area (Å²) < 4.78 is 20.3. The maximum Gasteiger partial charge on any atom is 0.272 e. The Hall–Kier alpha value is -4.28. The second-order valence-electron chi connectivity index (χ2n) is 11.5. The third-order valence-corrected chi connectivity index (χ3v) is 7.12. The Morgan fingerprint density at radius 1 is 0.884 bits per heavy atom. The van der Waals surface area contributed by atoms with Gasteiger partial charge in [-0.2, -0.15) is 0 Å². The first-order valence-electron chi connectivity index (χ1n) is 14.2. The highest BCUT2D eigenvalue weighted by molar-refractivity contribution is 5.92. The molecule has 0 spiro atoms. The summed E-state index contributed by atoms with van der Waals surface area (Å²) in [6, 6.07) is 21.4. The molecule has 9 nitrogen and oxygen atoms in total. The molecule has 3 amide bonds. The van der Waals surface area contributed by atoms with Crippen molar-refractivity contribution in [1.82, 2.24) is 16.1 Å². The highest BCUT2D eigenvalue weighted by Gasteiger charge is 2.38. The van der Waals surface area contributed by atoms with Crippen LogP contribution in [0.5, 0.6) is 11.5 Å². The second-order valence-corrected chi connectivity index (χ2v) is 11.5. The molecule has 0 saturated carbocycles. The quantitative estimate of drug-likeness (QED) is 0.142. The number of halogens is 1. The highest BCUT2D eigenvalue weighted by Crippen LogP contribution is 2.27. The topological polar surface area (TPSA) is 137 Å². The lowest BCUT2D eigenvalue weighted by atomic mass is 9.84. The number of amides is 3. The van der Waals surface area contributed by atoms with Crippen molar-refractivity contribution in [3.8, 4) is 11.5 Å². The Bertz CT molecular complexity index is 1360. The van der Waals surface area contributed by atoms with Crippen molar-refractivity contribution >= 4 is 17.7 Å². The van der Waals surface area contributed by atoms with Gasteiger partial charge in [0.1, 0.15) is 17.9 Å². The van der Waals surface area contributed by atoms with Crippen LogP contribution in [-0.2, 0) is 20.8 Å². The van der Waals surface area contributed by atoms with Crippen molar-refractivity contribution in [2.24, 2.45) is 11.3 Å². The summed E-state index contributed by atoms with van der Waals surface area (Å²) in [5.41, 5.74) is 2.18. The lowest BCUT2D eigenvalue weighted by molar-refractivity contribution is -0.147. The molecule has 0 radical (unpaired) electrons. The predicted octanol–water partition coefficient (Wildman–Crippen LogP) is 4.83. The maximum atomic E-state index is 14.7. The van der Waals surface area contributed by atoms with Gasteiger partial charge in [-0.05, 0) is 67.0 Å². The molecule has 3 aromatic rings. The summed E-state index contributed by atoms with van der Waals surface area (Å²) in [6.07, 6.45) is -1.24. The van der Waals surface area contributed by atoms with E-state index in [2.05, 4.69) is 10.6 Å². The summed E-state index contributed by atoms with van der Waals surface area (Å²) in [7, 11) is 0. The lowest BCUT2D eigenvalue weighted by Crippen LogP contribution is -2.56. The number of nitrogens with one attached hydrogen (secondary N) is 3. The second kappa shape index (κ2) is 15.3. The molecule has 0 saturated heterocycles. The molecule has 5 N–H and O–H groups in total. The van der Waals surface area contributed by atoms with Gasteiger partial charge in [0.15, 0.2) is 11.6 Å². The molecular formula is C33H40FN3O6. The molecule has 43 heavy (non-hydrogen) atoms. The molecule has 0 aromatic heterocycles. The highest BCUT2D eigenvalue weighted by atomic mass is 19.1. The van der Waals surface area contributed by atoms with Crippen LogP contribution in [0.1, 0.15) is 57.7 Å². The number of ether oxygens (including phenoxy) is 1. The van der Waals surface area contributed by atoms with Gasteiger partial charge in [0.2, 0.25) is 11.8 Å². The fourth-order valence-electron chi connectivity index (χ4n) is 4.65. The lowest BCUT2D eigenvalue weighted by Gasteiger charge is -2.33. The smallest absolute Gasteiger partial charge is 0.272 e. The minimum absolute atomic E-state index is 0.0171. The van der Waals surface area contributed by atoms with E-state index in [1.807, 2.05) is 43.3 Å². The molecule has 4 atom stereocenters. The number of aliphatic hydroxyl groups is 1. The minimum atomic E-state index is -1.88. The molecule has 10 heteroatoms. The van der Waals surface area contributed by atoms with E-state index in [1.165, 1.54) is 17.6 Å². The number of hydroxylamine groups is 1. The number of aliphatic hydroxyl groups excluding tert-OH is 1. The van der Waals surface area contributed by atoms with E-state index >= 15 is 0 Å². The molecule has 0 unspecified atom stereocenters. The number of hydrogen-bond donors (Lipinski definition) is 5. The summed E-state index contributed by atoms with van der Waals surface area (Å²) in [4.78, 5) is 38.9. The van der Waals surface area contributed by atoms with Gasteiger partial charge in [0.25, 0.3) is 5.91 Å². The van der Waals surface area contributed by atoms with E-state index in [-0.39, 0.29) is 18.2 Å². The number of rotatable bonds is 13. The van der Waals surface area contributed by atoms with Crippen molar-refractivity contribution < 1.29 is 33.8 Å². The van der Waals surface area contributed by atoms with Crippen LogP contribution < -0.4 is 20.9 Å². The van der Waals surface area contributed by atoms with Crippen LogP contribution in [0.2, 0.25) is 0 Å². The normalized spacial score (nSPS) is 14.1. The average Bonchev–Trinajstić information content (AvgIpc) is 2.98. The zero-order valence-electron chi connectivity index (χ0n) is 24.8. The molecule has 3 rings (SSSR count). The van der Waals surface area contributed by atoms with Gasteiger partial charge in [-0.15, -0.1) is 0 Å². The molecule has 0 fully saturated rings. The van der Waals surface area contributed by atoms with Crippen molar-refractivity contribution in [1.29, 1.82) is 0 Å². The van der Waals surface area contributed by atoms with E-state index in [4.69, 9.17) is 9.94 Å². The number of hydrogen-bond acceptors (Lipinski definition) is 6. The van der Waals surface area contributed by atoms with Crippen LogP contribution in [0.25, 0.3) is 0 Å². The Morgan fingerprint density at radius 2 is 1.51 bits per heavy atom. The van der Waals surface area contributed by atoms with Crippen molar-refractivity contribution in [3.05, 3.63) is 95.8 Å². The van der Waals surface area contributed by atoms with Crippen molar-refractivity contribution in [2.75, 3.05) is 0 Å². The first kappa shape index (κ1) is 33.2. The van der Waals surface area contributed by atoms with Crippen LogP contribution in [0, 0.1) is 17.2 Å². The molecular weight excluding hydrogens is 553 g/mol. The van der Waals surface area contributed by atoms with Crippen LogP contribution in [0.15, 0.2) is 78.9 Å². The predicted molar refractivity (Wildman–Crippen MR) is 160 cm³/mol. The SMILES string of the molecule is C[C@@H](NC(=O)[C@@H](NC(=O)[C@H](CCCc1ccc(Oc2ccccc2)c(F)c1)[C@H](O)C(=O)NO)C(C)(C)C)c1ccccc1. The fraction of sp³-hybridized carbons (Fsp3) is 0.364. The van der Waals surface area contributed by atoms with Crippen LogP contribution in [0.4, 0.5) is 4.39 Å². The summed E-state index contributed by atoms with van der Waals surface area (Å²) >= 11 is 0. The average molecular weight is 594 g/mol. The van der Waals surface area contributed by atoms with Gasteiger partial charge in [-0.1, -0.05) is 75.4 Å². The van der Waals surface area contributed by atoms with Gasteiger partial charge >= 0.3 is 0 Å². The third-order valence-electron chi connectivity index (χ3n) is 7.12. The zero-order valence-corrected chi connectivity index (χ0v) is 24.8. The van der Waals surface area contributed by atoms with Crippen LogP contribution in [0.3, 0.4) is 0 Å². The molecule has 0 aliphatic heterocycles. The Balaban J connectivity index is 1.69. The largest absolute Gasteiger partial charge is 0.454 e. The van der Waals surface area contributed by atoms with E-state index in [9.17, 15) is 23.9 Å². The molecule has 0 heterocycles. The first-order chi connectivity index (χ1) is 20.4. The van der Waals surface area contributed by atoms with E-state index < -0.39 is 47.0 Å². The van der Waals surface area contributed by atoms with Crippen LogP contribution >= 0.6 is 0 Å². The molecule has 230 valence electrons. The van der Waals surface area contributed by atoms with Crippen molar-refractivity contribution in [3.63, 3.8) is 0 Å². The van der Waals surface area contributed by atoms with Gasteiger partial charge in [-0.25, -0.2) is 9.87 Å². The van der Waals surface area contributed by atoms with E-state index in [1.54, 1.807) is 51.1 Å². The third kappa shape index (κ3) is 9.62. The standard InChI is InChI=1S/C33H40FN3O6/c1-21(23-13-7-5-8-14-23)35-32(41)29(33(2,3)4)36-30(39)25(28(38)31(40)37-42)17-11-12-22-18-19-27(26(34)20-22)43-24-15-9-6-10-16-24/h5-10,13-16,18-21,25,28-29,38,42H,11-12,17H2,1-4H3,(H,35,41)(H,36,39)(H,37,40)/t21-,25-,28+,29-/m1/s1. The minimum Gasteiger partial charge on any atom is -0.454 e. The van der Waals surface area contributed by atoms with Crippen molar-refractivity contribution in [2.45, 2.75) is 65.1 Å². The molecule has 0 aliphatic carbocycles.